The van der Waals surface area contributed by atoms with Crippen LogP contribution in [0.4, 0.5) is 14.6 Å². The molecule has 0 aliphatic heterocycles. The van der Waals surface area contributed by atoms with Gasteiger partial charge in [0, 0.05) is 0 Å². The molecule has 2 amide bonds. The number of aromatic carboxylic acids is 1. The number of thiophene rings is 1. The molecule has 7 nitrogen and oxygen atoms in total. The van der Waals surface area contributed by atoms with Crippen molar-refractivity contribution in [3.05, 3.63) is 16.5 Å². The molecule has 0 unspecified atom stereocenters. The number of carbonyl (C=O) groups is 3. The average molecular weight is 383 g/mol. The number of hydrogen-bond donors (Lipinski definition) is 1. The monoisotopic (exact) mass is 383 g/mol. The van der Waals surface area contributed by atoms with E-state index < -0.39 is 29.4 Å². The third kappa shape index (κ3) is 4.97. The van der Waals surface area contributed by atoms with Crippen molar-refractivity contribution < 1.29 is 29.0 Å². The summed E-state index contributed by atoms with van der Waals surface area (Å²) in [5.74, 6) is -1.02. The second kappa shape index (κ2) is 6.90. The summed E-state index contributed by atoms with van der Waals surface area (Å²) in [6, 6.07) is 0. The molecule has 1 fully saturated rings. The third-order valence-corrected chi connectivity index (χ3v) is 4.37. The van der Waals surface area contributed by atoms with E-state index in [0.29, 0.717) is 10.5 Å². The highest BCUT2D eigenvalue weighted by molar-refractivity contribution is 7.15. The normalized spacial score (nSPS) is 14.7. The van der Waals surface area contributed by atoms with Crippen LogP contribution in [-0.4, -0.2) is 34.5 Å². The van der Waals surface area contributed by atoms with Crippen LogP contribution in [-0.2, 0) is 9.47 Å². The molecule has 0 radical (unpaired) electrons. The molecule has 0 saturated heterocycles. The quantitative estimate of drug-likeness (QED) is 0.789. The summed E-state index contributed by atoms with van der Waals surface area (Å²) < 4.78 is 10.6. The van der Waals surface area contributed by atoms with Crippen LogP contribution in [0, 0.1) is 0 Å². The standard InChI is InChI=1S/C18H25NO6S/c1-17(2,3)24-15(22)19(16(23)25-18(4,5)6)13-12(14(20)21)11(9-26-13)10-7-8-10/h9-10H,7-8H2,1-6H3,(H,20,21). The molecule has 144 valence electrons. The second-order valence-electron chi connectivity index (χ2n) is 8.25. The van der Waals surface area contributed by atoms with Gasteiger partial charge in [0.1, 0.15) is 16.2 Å². The zero-order valence-corrected chi connectivity index (χ0v) is 16.7. The maximum Gasteiger partial charge on any atom is 0.425 e. The van der Waals surface area contributed by atoms with Crippen LogP contribution >= 0.6 is 11.3 Å². The number of imide groups is 1. The number of anilines is 1. The van der Waals surface area contributed by atoms with Gasteiger partial charge in [0.15, 0.2) is 0 Å². The van der Waals surface area contributed by atoms with Crippen LogP contribution in [0.1, 0.15) is 76.2 Å². The third-order valence-electron chi connectivity index (χ3n) is 3.39. The Morgan fingerprint density at radius 1 is 1.04 bits per heavy atom. The Balaban J connectivity index is 2.48. The molecule has 1 aromatic heterocycles. The van der Waals surface area contributed by atoms with Crippen molar-refractivity contribution >= 4 is 34.5 Å². The summed E-state index contributed by atoms with van der Waals surface area (Å²) in [5.41, 5.74) is -1.09. The maximum atomic E-state index is 12.7. The zero-order chi connectivity index (χ0) is 19.9. The maximum absolute atomic E-state index is 12.7. The van der Waals surface area contributed by atoms with Gasteiger partial charge < -0.3 is 14.6 Å². The van der Waals surface area contributed by atoms with Crippen molar-refractivity contribution in [2.75, 3.05) is 4.90 Å². The molecule has 1 heterocycles. The highest BCUT2D eigenvalue weighted by atomic mass is 32.1. The SMILES string of the molecule is CC(C)(C)OC(=O)N(C(=O)OC(C)(C)C)c1scc(C2CC2)c1C(=O)O. The molecule has 2 rings (SSSR count). The van der Waals surface area contributed by atoms with Gasteiger partial charge in [-0.05, 0) is 71.2 Å². The summed E-state index contributed by atoms with van der Waals surface area (Å²) >= 11 is 1.03. The Bertz CT molecular complexity index is 693. The minimum absolute atomic E-state index is 0.0166. The lowest BCUT2D eigenvalue weighted by Crippen LogP contribution is -2.44. The van der Waals surface area contributed by atoms with Gasteiger partial charge in [-0.25, -0.2) is 14.4 Å². The first-order valence-corrected chi connectivity index (χ1v) is 9.29. The van der Waals surface area contributed by atoms with Crippen molar-refractivity contribution in [1.29, 1.82) is 0 Å². The molecule has 8 heteroatoms. The predicted molar refractivity (Wildman–Crippen MR) is 98.2 cm³/mol. The van der Waals surface area contributed by atoms with E-state index in [1.54, 1.807) is 46.9 Å². The molecule has 1 aromatic rings. The molecule has 1 saturated carbocycles. The van der Waals surface area contributed by atoms with Crippen LogP contribution < -0.4 is 4.90 Å². The Morgan fingerprint density at radius 2 is 1.50 bits per heavy atom. The van der Waals surface area contributed by atoms with E-state index in [0.717, 1.165) is 24.2 Å². The lowest BCUT2D eigenvalue weighted by molar-refractivity contribution is 0.0432. The number of ether oxygens (including phenoxy) is 2. The number of hydrogen-bond acceptors (Lipinski definition) is 6. The molecule has 0 aromatic carbocycles. The number of carboxylic acid groups (broad SMARTS) is 1. The van der Waals surface area contributed by atoms with E-state index in [1.807, 2.05) is 0 Å². The van der Waals surface area contributed by atoms with Gasteiger partial charge in [-0.3, -0.25) is 0 Å². The second-order valence-corrected chi connectivity index (χ2v) is 9.10. The fraction of sp³-hybridized carbons (Fsp3) is 0.611. The minimum atomic E-state index is -1.18. The minimum Gasteiger partial charge on any atom is -0.478 e. The summed E-state index contributed by atoms with van der Waals surface area (Å²) in [6.07, 6.45) is -0.123. The topological polar surface area (TPSA) is 93.1 Å². The smallest absolute Gasteiger partial charge is 0.425 e. The first kappa shape index (κ1) is 20.2. The van der Waals surface area contributed by atoms with Crippen LogP contribution in [0.2, 0.25) is 0 Å². The van der Waals surface area contributed by atoms with E-state index >= 15 is 0 Å². The molecule has 0 atom stereocenters. The summed E-state index contributed by atoms with van der Waals surface area (Å²) in [4.78, 5) is 37.9. The number of carboxylic acids is 1. The van der Waals surface area contributed by atoms with Crippen LogP contribution in [0.3, 0.4) is 0 Å². The Morgan fingerprint density at radius 3 is 1.85 bits per heavy atom. The van der Waals surface area contributed by atoms with Crippen molar-refractivity contribution in [2.45, 2.75) is 71.5 Å². The number of nitrogens with zero attached hydrogens (tertiary/aromatic N) is 1. The van der Waals surface area contributed by atoms with Crippen LogP contribution in [0.15, 0.2) is 5.38 Å². The lowest BCUT2D eigenvalue weighted by Gasteiger charge is -2.28. The van der Waals surface area contributed by atoms with Crippen molar-refractivity contribution in [3.63, 3.8) is 0 Å². The van der Waals surface area contributed by atoms with Gasteiger partial charge in [-0.15, -0.1) is 11.3 Å². The van der Waals surface area contributed by atoms with E-state index in [4.69, 9.17) is 9.47 Å². The van der Waals surface area contributed by atoms with Gasteiger partial charge in [0.25, 0.3) is 0 Å². The molecule has 0 spiro atoms. The van der Waals surface area contributed by atoms with Gasteiger partial charge in [-0.1, -0.05) is 0 Å². The molecular weight excluding hydrogens is 358 g/mol. The zero-order valence-electron chi connectivity index (χ0n) is 15.9. The van der Waals surface area contributed by atoms with Crippen molar-refractivity contribution in [2.24, 2.45) is 0 Å². The summed E-state index contributed by atoms with van der Waals surface area (Å²) in [7, 11) is 0. The number of carbonyl (C=O) groups excluding carboxylic acids is 2. The van der Waals surface area contributed by atoms with Crippen molar-refractivity contribution in [3.8, 4) is 0 Å². The van der Waals surface area contributed by atoms with Gasteiger partial charge in [-0.2, -0.15) is 4.90 Å². The van der Waals surface area contributed by atoms with Gasteiger partial charge in [0.2, 0.25) is 0 Å². The summed E-state index contributed by atoms with van der Waals surface area (Å²) in [5, 5.41) is 11.4. The number of amides is 2. The highest BCUT2D eigenvalue weighted by Gasteiger charge is 2.39. The van der Waals surface area contributed by atoms with Crippen LogP contribution in [0.5, 0.6) is 0 Å². The molecule has 1 aliphatic carbocycles. The molecule has 1 aliphatic rings. The Hall–Kier alpha value is -2.09. The molecule has 26 heavy (non-hydrogen) atoms. The molecule has 0 bridgehead atoms. The van der Waals surface area contributed by atoms with Crippen molar-refractivity contribution in [1.82, 2.24) is 0 Å². The van der Waals surface area contributed by atoms with Gasteiger partial charge >= 0.3 is 18.2 Å². The van der Waals surface area contributed by atoms with Crippen LogP contribution in [0.25, 0.3) is 0 Å². The molecular formula is C18H25NO6S. The fourth-order valence-electron chi connectivity index (χ4n) is 2.29. The first-order valence-electron chi connectivity index (χ1n) is 8.41. The average Bonchev–Trinajstić information content (AvgIpc) is 3.15. The van der Waals surface area contributed by atoms with E-state index in [1.165, 1.54) is 0 Å². The van der Waals surface area contributed by atoms with E-state index in [9.17, 15) is 19.5 Å². The highest BCUT2D eigenvalue weighted by Crippen LogP contribution is 2.47. The van der Waals surface area contributed by atoms with E-state index in [2.05, 4.69) is 0 Å². The summed E-state index contributed by atoms with van der Waals surface area (Å²) in [6.45, 7) is 10.0. The van der Waals surface area contributed by atoms with E-state index in [-0.39, 0.29) is 16.5 Å². The fourth-order valence-corrected chi connectivity index (χ4v) is 3.42. The Kier molecular flexibility index (Phi) is 5.37. The first-order chi connectivity index (χ1) is 11.8. The van der Waals surface area contributed by atoms with Gasteiger partial charge in [0.05, 0.1) is 5.56 Å². The predicted octanol–water partition coefficient (Wildman–Crippen LogP) is 5.00. The largest absolute Gasteiger partial charge is 0.478 e. The molecule has 1 N–H and O–H groups in total. The lowest BCUT2D eigenvalue weighted by atomic mass is 10.1. The number of rotatable bonds is 3. The Labute approximate surface area is 156 Å².